The van der Waals surface area contributed by atoms with Crippen molar-refractivity contribution in [2.45, 2.75) is 11.3 Å². The number of rotatable bonds is 8. The third-order valence-corrected chi connectivity index (χ3v) is 4.62. The molecule has 0 atom stereocenters. The van der Waals surface area contributed by atoms with Gasteiger partial charge in [0.15, 0.2) is 0 Å². The van der Waals surface area contributed by atoms with E-state index in [0.717, 1.165) is 27.7 Å². The number of ether oxygens (including phenoxy) is 1. The van der Waals surface area contributed by atoms with E-state index in [0.29, 0.717) is 6.42 Å². The second kappa shape index (κ2) is 10.2. The number of carbonyl (C=O) groups is 1. The second-order valence-electron chi connectivity index (χ2n) is 5.69. The van der Waals surface area contributed by atoms with Crippen LogP contribution in [0.5, 0.6) is 11.5 Å². The van der Waals surface area contributed by atoms with Crippen LogP contribution in [0.1, 0.15) is 12.0 Å². The van der Waals surface area contributed by atoms with Crippen LogP contribution < -0.4 is 10.2 Å². The quantitative estimate of drug-likeness (QED) is 0.338. The van der Waals surface area contributed by atoms with Gasteiger partial charge in [-0.3, -0.25) is 4.79 Å². The summed E-state index contributed by atoms with van der Waals surface area (Å²) in [6.45, 7) is 0. The van der Waals surface area contributed by atoms with Crippen LogP contribution in [-0.2, 0) is 4.79 Å². The fraction of sp³-hybridized carbons (Fsp3) is 0.0909. The lowest BCUT2D eigenvalue weighted by Crippen LogP contribution is -2.17. The number of hydrazone groups is 1. The molecule has 0 fully saturated rings. The summed E-state index contributed by atoms with van der Waals surface area (Å²) in [6, 6.07) is 27.1. The van der Waals surface area contributed by atoms with Gasteiger partial charge < -0.3 is 4.74 Å². The largest absolute Gasteiger partial charge is 0.457 e. The minimum Gasteiger partial charge on any atom is -0.457 e. The van der Waals surface area contributed by atoms with Gasteiger partial charge in [0.1, 0.15) is 11.5 Å². The highest BCUT2D eigenvalue weighted by Gasteiger charge is 2.01. The lowest BCUT2D eigenvalue weighted by atomic mass is 10.2. The zero-order chi connectivity index (χ0) is 18.7. The molecular weight excluding hydrogens is 356 g/mol. The maximum atomic E-state index is 11.8. The molecule has 0 aliphatic carbocycles. The molecule has 0 saturated carbocycles. The van der Waals surface area contributed by atoms with E-state index in [9.17, 15) is 4.79 Å². The molecule has 5 heteroatoms. The third kappa shape index (κ3) is 6.64. The van der Waals surface area contributed by atoms with Crippen LogP contribution in [0.25, 0.3) is 0 Å². The van der Waals surface area contributed by atoms with Crippen LogP contribution in [0.2, 0.25) is 0 Å². The summed E-state index contributed by atoms with van der Waals surface area (Å²) < 4.78 is 5.74. The summed E-state index contributed by atoms with van der Waals surface area (Å²) >= 11 is 1.65. The fourth-order valence-electron chi connectivity index (χ4n) is 2.26. The van der Waals surface area contributed by atoms with E-state index >= 15 is 0 Å². The van der Waals surface area contributed by atoms with Gasteiger partial charge in [0.2, 0.25) is 5.91 Å². The van der Waals surface area contributed by atoms with Crippen LogP contribution >= 0.6 is 11.8 Å². The zero-order valence-corrected chi connectivity index (χ0v) is 15.6. The van der Waals surface area contributed by atoms with Crippen molar-refractivity contribution in [1.82, 2.24) is 5.43 Å². The van der Waals surface area contributed by atoms with E-state index in [1.165, 1.54) is 0 Å². The summed E-state index contributed by atoms with van der Waals surface area (Å²) in [5.74, 6) is 2.16. The molecule has 0 aromatic heterocycles. The minimum absolute atomic E-state index is 0.0984. The number of nitrogens with one attached hydrogen (secondary N) is 1. The zero-order valence-electron chi connectivity index (χ0n) is 14.7. The van der Waals surface area contributed by atoms with E-state index in [2.05, 4.69) is 10.5 Å². The van der Waals surface area contributed by atoms with Crippen molar-refractivity contribution in [2.24, 2.45) is 5.10 Å². The Kier molecular flexibility index (Phi) is 7.07. The SMILES string of the molecule is O=C(CCSc1ccccc1)N/N=C\c1ccc(Oc2ccccc2)cc1. The monoisotopic (exact) mass is 376 g/mol. The highest BCUT2D eigenvalue weighted by Crippen LogP contribution is 2.20. The average Bonchev–Trinajstić information content (AvgIpc) is 2.71. The molecular formula is C22H20N2O2S. The van der Waals surface area contributed by atoms with E-state index in [-0.39, 0.29) is 5.91 Å². The summed E-state index contributed by atoms with van der Waals surface area (Å²) in [4.78, 5) is 13.0. The Morgan fingerprint density at radius 1 is 0.889 bits per heavy atom. The van der Waals surface area contributed by atoms with Gasteiger partial charge >= 0.3 is 0 Å². The fourth-order valence-corrected chi connectivity index (χ4v) is 3.13. The normalized spacial score (nSPS) is 10.7. The van der Waals surface area contributed by atoms with Gasteiger partial charge in [-0.05, 0) is 54.1 Å². The van der Waals surface area contributed by atoms with Gasteiger partial charge in [-0.2, -0.15) is 5.10 Å². The number of hydrogen-bond donors (Lipinski definition) is 1. The maximum Gasteiger partial charge on any atom is 0.240 e. The van der Waals surface area contributed by atoms with E-state index in [1.54, 1.807) is 18.0 Å². The molecule has 0 aliphatic heterocycles. The van der Waals surface area contributed by atoms with E-state index < -0.39 is 0 Å². The van der Waals surface area contributed by atoms with Crippen LogP contribution in [0.3, 0.4) is 0 Å². The van der Waals surface area contributed by atoms with Gasteiger partial charge in [-0.1, -0.05) is 36.4 Å². The van der Waals surface area contributed by atoms with Crippen LogP contribution in [-0.4, -0.2) is 17.9 Å². The number of nitrogens with zero attached hydrogens (tertiary/aromatic N) is 1. The predicted molar refractivity (Wildman–Crippen MR) is 110 cm³/mol. The summed E-state index contributed by atoms with van der Waals surface area (Å²) in [6.07, 6.45) is 2.04. The molecule has 0 aliphatic rings. The first-order chi connectivity index (χ1) is 13.3. The van der Waals surface area contributed by atoms with Crippen molar-refractivity contribution in [3.8, 4) is 11.5 Å². The van der Waals surface area contributed by atoms with E-state index in [4.69, 9.17) is 4.74 Å². The second-order valence-corrected chi connectivity index (χ2v) is 6.86. The van der Waals surface area contributed by atoms with Gasteiger partial charge in [0.05, 0.1) is 6.21 Å². The highest BCUT2D eigenvalue weighted by atomic mass is 32.2. The Balaban J connectivity index is 1.40. The van der Waals surface area contributed by atoms with Crippen LogP contribution in [0.4, 0.5) is 0 Å². The number of para-hydroxylation sites is 1. The van der Waals surface area contributed by atoms with Gasteiger partial charge in [0, 0.05) is 17.1 Å². The Labute approximate surface area is 163 Å². The van der Waals surface area contributed by atoms with Crippen molar-refractivity contribution < 1.29 is 9.53 Å². The molecule has 0 unspecified atom stereocenters. The number of carbonyl (C=O) groups excluding carboxylic acids is 1. The maximum absolute atomic E-state index is 11.8. The first-order valence-electron chi connectivity index (χ1n) is 8.62. The molecule has 4 nitrogen and oxygen atoms in total. The van der Waals surface area contributed by atoms with Crippen LogP contribution in [0, 0.1) is 0 Å². The number of amides is 1. The molecule has 136 valence electrons. The number of hydrogen-bond acceptors (Lipinski definition) is 4. The molecule has 0 radical (unpaired) electrons. The summed E-state index contributed by atoms with van der Waals surface area (Å²) in [5.41, 5.74) is 3.44. The van der Waals surface area contributed by atoms with Crippen molar-refractivity contribution >= 4 is 23.9 Å². The van der Waals surface area contributed by atoms with Crippen molar-refractivity contribution in [3.63, 3.8) is 0 Å². The topological polar surface area (TPSA) is 50.7 Å². The lowest BCUT2D eigenvalue weighted by molar-refractivity contribution is -0.120. The molecule has 3 aromatic carbocycles. The lowest BCUT2D eigenvalue weighted by Gasteiger charge is -2.05. The predicted octanol–water partition coefficient (Wildman–Crippen LogP) is 5.11. The first-order valence-corrected chi connectivity index (χ1v) is 9.61. The average molecular weight is 376 g/mol. The minimum atomic E-state index is -0.0984. The van der Waals surface area contributed by atoms with Crippen molar-refractivity contribution in [2.75, 3.05) is 5.75 Å². The molecule has 3 aromatic rings. The Morgan fingerprint density at radius 3 is 2.22 bits per heavy atom. The molecule has 0 heterocycles. The molecule has 0 spiro atoms. The molecule has 1 amide bonds. The molecule has 27 heavy (non-hydrogen) atoms. The summed E-state index contributed by atoms with van der Waals surface area (Å²) in [7, 11) is 0. The molecule has 0 saturated heterocycles. The first kappa shape index (κ1) is 18.7. The number of thioether (sulfide) groups is 1. The van der Waals surface area contributed by atoms with Crippen molar-refractivity contribution in [3.05, 3.63) is 90.5 Å². The summed E-state index contributed by atoms with van der Waals surface area (Å²) in [5, 5.41) is 4.01. The van der Waals surface area contributed by atoms with Crippen molar-refractivity contribution in [1.29, 1.82) is 0 Å². The van der Waals surface area contributed by atoms with Crippen LogP contribution in [0.15, 0.2) is 94.9 Å². The standard InChI is InChI=1S/C22H20N2O2S/c25-22(15-16-27-21-9-5-2-6-10-21)24-23-17-18-11-13-20(14-12-18)26-19-7-3-1-4-8-19/h1-14,17H,15-16H2,(H,24,25)/b23-17-. The Hall–Kier alpha value is -3.05. The Morgan fingerprint density at radius 2 is 1.52 bits per heavy atom. The number of benzene rings is 3. The molecule has 0 bridgehead atoms. The smallest absolute Gasteiger partial charge is 0.240 e. The molecule has 1 N–H and O–H groups in total. The molecule has 3 rings (SSSR count). The highest BCUT2D eigenvalue weighted by molar-refractivity contribution is 7.99. The Bertz CT molecular complexity index is 866. The van der Waals surface area contributed by atoms with Gasteiger partial charge in [0.25, 0.3) is 0 Å². The van der Waals surface area contributed by atoms with E-state index in [1.807, 2.05) is 84.9 Å². The van der Waals surface area contributed by atoms with Gasteiger partial charge in [-0.25, -0.2) is 5.43 Å². The van der Waals surface area contributed by atoms with Gasteiger partial charge in [-0.15, -0.1) is 11.8 Å². The third-order valence-electron chi connectivity index (χ3n) is 3.60.